The first-order valence-electron chi connectivity index (χ1n) is 16.2. The van der Waals surface area contributed by atoms with Gasteiger partial charge in [0.25, 0.3) is 0 Å². The van der Waals surface area contributed by atoms with Crippen LogP contribution in [-0.4, -0.2) is 81.5 Å². The first-order valence-corrected chi connectivity index (χ1v) is 16.2. The number of nitrogens with zero attached hydrogens (tertiary/aromatic N) is 3. The largest absolute Gasteiger partial charge is 0.392 e. The van der Waals surface area contributed by atoms with Gasteiger partial charge in [-0.2, -0.15) is 0 Å². The van der Waals surface area contributed by atoms with Crippen molar-refractivity contribution < 1.29 is 19.3 Å². The predicted molar refractivity (Wildman–Crippen MR) is 177 cm³/mol. The van der Waals surface area contributed by atoms with Crippen LogP contribution in [0.4, 0.5) is 0 Å². The van der Waals surface area contributed by atoms with Crippen molar-refractivity contribution in [1.29, 1.82) is 0 Å². The number of carbonyl (C=O) groups is 2. The number of benzene rings is 2. The third-order valence-corrected chi connectivity index (χ3v) is 8.84. The van der Waals surface area contributed by atoms with E-state index in [0.717, 1.165) is 17.5 Å². The molecule has 2 heterocycles. The van der Waals surface area contributed by atoms with Gasteiger partial charge in [-0.05, 0) is 74.8 Å². The van der Waals surface area contributed by atoms with Gasteiger partial charge in [0.1, 0.15) is 6.04 Å². The third-order valence-electron chi connectivity index (χ3n) is 8.84. The summed E-state index contributed by atoms with van der Waals surface area (Å²) in [7, 11) is 0. The molecule has 2 aliphatic rings. The summed E-state index contributed by atoms with van der Waals surface area (Å²) in [6.45, 7) is 10.2. The highest BCUT2D eigenvalue weighted by atomic mass is 16.3. The number of pyridine rings is 1. The van der Waals surface area contributed by atoms with E-state index < -0.39 is 18.1 Å². The normalized spacial score (nSPS) is 22.4. The molecule has 238 valence electrons. The maximum atomic E-state index is 13.9. The third kappa shape index (κ3) is 8.86. The van der Waals surface area contributed by atoms with Crippen LogP contribution in [0.25, 0.3) is 0 Å². The second-order valence-corrected chi connectivity index (χ2v) is 13.8. The average molecular weight is 611 g/mol. The number of aliphatic hydroxyl groups excluding tert-OH is 1. The average Bonchev–Trinajstić information content (AvgIpc) is 3.32. The Labute approximate surface area is 267 Å². The van der Waals surface area contributed by atoms with Crippen molar-refractivity contribution in [2.75, 3.05) is 26.2 Å². The van der Waals surface area contributed by atoms with E-state index in [-0.39, 0.29) is 23.4 Å². The van der Waals surface area contributed by atoms with Crippen LogP contribution in [0.15, 0.2) is 79.1 Å². The smallest absolute Gasteiger partial charge is 0.244 e. The molecule has 1 saturated heterocycles. The first-order chi connectivity index (χ1) is 21.6. The lowest BCUT2D eigenvalue weighted by molar-refractivity contribution is -0.540. The van der Waals surface area contributed by atoms with Gasteiger partial charge in [0.2, 0.25) is 11.8 Å². The molecular formula is C37H48N5O3+. The molecule has 2 aromatic carbocycles. The van der Waals surface area contributed by atoms with Crippen molar-refractivity contribution in [3.8, 4) is 0 Å². The number of nitrogens with one attached hydrogen (secondary N) is 2. The minimum Gasteiger partial charge on any atom is -0.392 e. The summed E-state index contributed by atoms with van der Waals surface area (Å²) >= 11 is 0. The molecule has 45 heavy (non-hydrogen) atoms. The van der Waals surface area contributed by atoms with Gasteiger partial charge in [-0.25, -0.2) is 4.58 Å². The summed E-state index contributed by atoms with van der Waals surface area (Å²) in [4.78, 5) is 33.8. The monoisotopic (exact) mass is 610 g/mol. The standard InChI is InChI=1S/C37H47N5O3/c1-26-19-29-14-8-9-15-32(29)34(26)39-35(44)30(20-27-11-6-5-7-12-27)21-31(43)24-42-18-17-41(23-28-13-10-16-38-22-28)25-33(42)36(45)40-37(2,3)4/h5-16,22-23,26,30-31,33-34,43H,17-21,24-25H2,1-4H3,(H-,39,40,44,45)/p+1/t26-,30-,31+,33+,34-/m1/s1. The molecule has 1 aliphatic carbocycles. The zero-order valence-electron chi connectivity index (χ0n) is 27.0. The second kappa shape index (κ2) is 14.5. The van der Waals surface area contributed by atoms with Crippen LogP contribution < -0.4 is 10.6 Å². The highest BCUT2D eigenvalue weighted by Gasteiger charge is 2.38. The van der Waals surface area contributed by atoms with E-state index in [9.17, 15) is 14.7 Å². The summed E-state index contributed by atoms with van der Waals surface area (Å²) in [5.41, 5.74) is 4.13. The number of hydrogen-bond donors (Lipinski definition) is 3. The minimum absolute atomic E-state index is 0.0376. The van der Waals surface area contributed by atoms with Crippen LogP contribution >= 0.6 is 0 Å². The molecule has 1 aromatic heterocycles. The van der Waals surface area contributed by atoms with Crippen LogP contribution in [0.1, 0.15) is 62.4 Å². The van der Waals surface area contributed by atoms with Gasteiger partial charge in [-0.3, -0.25) is 19.5 Å². The SMILES string of the molecule is C[C@@H]1Cc2ccccc2[C@@H]1NC(=O)[C@H](Cc1ccccc1)C[C@H](O)CN1CC[N+](=Cc2cccnc2)C[C@H]1C(=O)NC(C)(C)C. The zero-order chi connectivity index (χ0) is 32.0. The summed E-state index contributed by atoms with van der Waals surface area (Å²) in [5, 5.41) is 18.0. The Balaban J connectivity index is 1.31. The van der Waals surface area contributed by atoms with Crippen molar-refractivity contribution in [3.05, 3.63) is 101 Å². The van der Waals surface area contributed by atoms with Crippen LogP contribution in [0.2, 0.25) is 0 Å². The lowest BCUT2D eigenvalue weighted by atomic mass is 9.91. The highest BCUT2D eigenvalue weighted by molar-refractivity contribution is 5.83. The van der Waals surface area contributed by atoms with Crippen LogP contribution in [0, 0.1) is 11.8 Å². The van der Waals surface area contributed by atoms with Crippen molar-refractivity contribution in [3.63, 3.8) is 0 Å². The molecule has 8 heteroatoms. The van der Waals surface area contributed by atoms with E-state index in [1.54, 1.807) is 6.20 Å². The highest BCUT2D eigenvalue weighted by Crippen LogP contribution is 2.36. The Hall–Kier alpha value is -3.88. The molecule has 0 bridgehead atoms. The predicted octanol–water partition coefficient (Wildman–Crippen LogP) is 3.77. The maximum absolute atomic E-state index is 13.9. The Morgan fingerprint density at radius 3 is 2.58 bits per heavy atom. The second-order valence-electron chi connectivity index (χ2n) is 13.8. The van der Waals surface area contributed by atoms with E-state index in [4.69, 9.17) is 0 Å². The Morgan fingerprint density at radius 1 is 1.09 bits per heavy atom. The number of amides is 2. The molecule has 0 unspecified atom stereocenters. The lowest BCUT2D eigenvalue weighted by Crippen LogP contribution is -2.60. The molecule has 3 N–H and O–H groups in total. The molecule has 5 atom stereocenters. The maximum Gasteiger partial charge on any atom is 0.244 e. The molecule has 1 fully saturated rings. The van der Waals surface area contributed by atoms with Gasteiger partial charge in [-0.1, -0.05) is 61.5 Å². The number of carbonyl (C=O) groups excluding carboxylic acids is 2. The van der Waals surface area contributed by atoms with Crippen LogP contribution in [-0.2, 0) is 22.4 Å². The van der Waals surface area contributed by atoms with Gasteiger partial charge in [0.05, 0.1) is 24.3 Å². The number of aromatic nitrogens is 1. The van der Waals surface area contributed by atoms with Gasteiger partial charge >= 0.3 is 0 Å². The quantitative estimate of drug-likeness (QED) is 0.304. The van der Waals surface area contributed by atoms with Crippen LogP contribution in [0.3, 0.4) is 0 Å². The topological polar surface area (TPSA) is 97.6 Å². The molecule has 2 amide bonds. The molecule has 0 spiro atoms. The zero-order valence-corrected chi connectivity index (χ0v) is 27.0. The summed E-state index contributed by atoms with van der Waals surface area (Å²) in [6.07, 6.45) is 6.60. The van der Waals surface area contributed by atoms with Gasteiger partial charge in [0.15, 0.2) is 19.3 Å². The molecular weight excluding hydrogens is 562 g/mol. The number of rotatable bonds is 10. The number of β-amino-alcohol motifs (C(OH)–C–C–N with tert-alkyl or cyclic N) is 1. The molecule has 8 nitrogen and oxygen atoms in total. The van der Waals surface area contributed by atoms with Gasteiger partial charge < -0.3 is 15.7 Å². The van der Waals surface area contributed by atoms with E-state index in [2.05, 4.69) is 50.2 Å². The Kier molecular flexibility index (Phi) is 10.5. The summed E-state index contributed by atoms with van der Waals surface area (Å²) in [6, 6.07) is 21.7. The summed E-state index contributed by atoms with van der Waals surface area (Å²) < 4.78 is 2.15. The molecule has 0 saturated carbocycles. The lowest BCUT2D eigenvalue weighted by Gasteiger charge is -2.36. The summed E-state index contributed by atoms with van der Waals surface area (Å²) in [5.74, 6) is -0.212. The van der Waals surface area contributed by atoms with Gasteiger partial charge in [0, 0.05) is 30.4 Å². The number of fused-ring (bicyclic) bond motifs is 1. The number of aliphatic hydroxyl groups is 1. The van der Waals surface area contributed by atoms with E-state index in [1.807, 2.05) is 81.7 Å². The van der Waals surface area contributed by atoms with E-state index >= 15 is 0 Å². The van der Waals surface area contributed by atoms with Crippen LogP contribution in [0.5, 0.6) is 0 Å². The van der Waals surface area contributed by atoms with Crippen molar-refractivity contribution in [2.24, 2.45) is 11.8 Å². The van der Waals surface area contributed by atoms with Crippen molar-refractivity contribution >= 4 is 18.0 Å². The fourth-order valence-corrected chi connectivity index (χ4v) is 6.68. The van der Waals surface area contributed by atoms with Crippen molar-refractivity contribution in [2.45, 2.75) is 70.7 Å². The minimum atomic E-state index is -0.781. The Bertz CT molecular complexity index is 1470. The van der Waals surface area contributed by atoms with E-state index in [0.29, 0.717) is 44.9 Å². The molecule has 3 aromatic rings. The fourth-order valence-electron chi connectivity index (χ4n) is 6.68. The fraction of sp³-hybridized carbons (Fsp3) is 0.459. The molecule has 5 rings (SSSR count). The molecule has 0 radical (unpaired) electrons. The number of hydrogen-bond acceptors (Lipinski definition) is 5. The molecule has 1 aliphatic heterocycles. The first kappa shape index (κ1) is 32.5. The van der Waals surface area contributed by atoms with E-state index in [1.165, 1.54) is 11.1 Å². The number of piperazine rings is 1. The van der Waals surface area contributed by atoms with Gasteiger partial charge in [-0.15, -0.1) is 0 Å². The van der Waals surface area contributed by atoms with Crippen molar-refractivity contribution in [1.82, 2.24) is 20.5 Å². The Morgan fingerprint density at radius 2 is 1.84 bits per heavy atom.